The number of hydrogen-bond acceptors (Lipinski definition) is 5. The highest BCUT2D eigenvalue weighted by Crippen LogP contribution is 2.25. The Kier molecular flexibility index (Phi) is 4.68. The van der Waals surface area contributed by atoms with E-state index in [2.05, 4.69) is 26.1 Å². The highest BCUT2D eigenvalue weighted by Gasteiger charge is 2.16. The molecule has 116 valence electrons. The smallest absolute Gasteiger partial charge is 0.308 e. The van der Waals surface area contributed by atoms with Gasteiger partial charge in [-0.25, -0.2) is 0 Å². The minimum Gasteiger partial charge on any atom is -0.481 e. The van der Waals surface area contributed by atoms with E-state index in [1.165, 1.54) is 11.3 Å². The summed E-state index contributed by atoms with van der Waals surface area (Å²) in [7, 11) is 0. The number of benzene rings is 1. The van der Waals surface area contributed by atoms with Gasteiger partial charge in [-0.05, 0) is 35.2 Å². The Balaban J connectivity index is 1.98. The van der Waals surface area contributed by atoms with Crippen molar-refractivity contribution in [3.05, 3.63) is 57.0 Å². The highest BCUT2D eigenvalue weighted by molar-refractivity contribution is 9.10. The molecule has 0 saturated carbocycles. The lowest BCUT2D eigenvalue weighted by molar-refractivity contribution is -0.135. The molecule has 2 heterocycles. The van der Waals surface area contributed by atoms with Crippen LogP contribution in [0.5, 0.6) is 0 Å². The van der Waals surface area contributed by atoms with E-state index in [0.29, 0.717) is 11.4 Å². The fourth-order valence-corrected chi connectivity index (χ4v) is 3.06. The molecular formula is C16H11BrN2O3S. The van der Waals surface area contributed by atoms with Crippen molar-refractivity contribution in [3.63, 3.8) is 0 Å². The highest BCUT2D eigenvalue weighted by atomic mass is 79.9. The Morgan fingerprint density at radius 2 is 2.26 bits per heavy atom. The van der Waals surface area contributed by atoms with Crippen LogP contribution in [0.2, 0.25) is 0 Å². The van der Waals surface area contributed by atoms with Crippen LogP contribution in [0.1, 0.15) is 17.9 Å². The van der Waals surface area contributed by atoms with E-state index in [1.54, 1.807) is 6.08 Å². The summed E-state index contributed by atoms with van der Waals surface area (Å²) < 4.78 is 6.16. The van der Waals surface area contributed by atoms with Gasteiger partial charge in [-0.1, -0.05) is 33.2 Å². The van der Waals surface area contributed by atoms with Gasteiger partial charge in [-0.2, -0.15) is 16.3 Å². The largest absolute Gasteiger partial charge is 0.481 e. The van der Waals surface area contributed by atoms with Crippen molar-refractivity contribution >= 4 is 44.9 Å². The summed E-state index contributed by atoms with van der Waals surface area (Å²) in [6, 6.07) is 9.42. The average Bonchev–Trinajstić information content (AvgIpc) is 3.17. The van der Waals surface area contributed by atoms with Crippen molar-refractivity contribution in [3.8, 4) is 11.4 Å². The van der Waals surface area contributed by atoms with Gasteiger partial charge in [0.25, 0.3) is 5.89 Å². The quantitative estimate of drug-likeness (QED) is 0.689. The Bertz CT molecular complexity index is 856. The molecule has 0 unspecified atom stereocenters. The summed E-state index contributed by atoms with van der Waals surface area (Å²) in [5.74, 6) is -0.290. The number of aromatic nitrogens is 2. The maximum Gasteiger partial charge on any atom is 0.308 e. The summed E-state index contributed by atoms with van der Waals surface area (Å²) >= 11 is 4.92. The second-order valence-corrected chi connectivity index (χ2v) is 6.43. The van der Waals surface area contributed by atoms with Crippen molar-refractivity contribution in [2.75, 3.05) is 0 Å². The molecule has 1 N–H and O–H groups in total. The number of aliphatic carboxylic acids is 1. The fourth-order valence-electron chi connectivity index (χ4n) is 2.01. The van der Waals surface area contributed by atoms with Crippen LogP contribution in [0, 0.1) is 0 Å². The first-order valence-corrected chi connectivity index (χ1v) is 8.40. The molecule has 2 aromatic heterocycles. The molecule has 1 aromatic carbocycles. The third-order valence-electron chi connectivity index (χ3n) is 3.01. The predicted octanol–water partition coefficient (Wildman–Crippen LogP) is 4.58. The molecule has 3 rings (SSSR count). The first-order valence-electron chi connectivity index (χ1n) is 6.66. The molecule has 0 spiro atoms. The van der Waals surface area contributed by atoms with Crippen LogP contribution < -0.4 is 0 Å². The number of rotatable bonds is 5. The normalized spacial score (nSPS) is 11.6. The molecule has 7 heteroatoms. The zero-order chi connectivity index (χ0) is 16.2. The topological polar surface area (TPSA) is 76.2 Å². The summed E-state index contributed by atoms with van der Waals surface area (Å²) in [5, 5.41) is 16.9. The number of halogens is 1. The van der Waals surface area contributed by atoms with Crippen LogP contribution in [-0.2, 0) is 4.79 Å². The molecule has 0 aliphatic carbocycles. The Hall–Kier alpha value is -2.25. The zero-order valence-corrected chi connectivity index (χ0v) is 14.2. The molecule has 23 heavy (non-hydrogen) atoms. The lowest BCUT2D eigenvalue weighted by Gasteiger charge is -2.00. The maximum atomic E-state index is 11.1. The van der Waals surface area contributed by atoms with E-state index in [1.807, 2.05) is 41.1 Å². The molecule has 0 amide bonds. The number of thiophene rings is 1. The van der Waals surface area contributed by atoms with Crippen molar-refractivity contribution < 1.29 is 14.4 Å². The minimum absolute atomic E-state index is 0.197. The van der Waals surface area contributed by atoms with Gasteiger partial charge in [-0.3, -0.25) is 4.79 Å². The van der Waals surface area contributed by atoms with Crippen LogP contribution >= 0.6 is 27.3 Å². The van der Waals surface area contributed by atoms with E-state index in [-0.39, 0.29) is 12.3 Å². The number of nitrogens with zero attached hydrogens (tertiary/aromatic N) is 2. The van der Waals surface area contributed by atoms with E-state index in [9.17, 15) is 4.79 Å². The second-order valence-electron chi connectivity index (χ2n) is 4.73. The third kappa shape index (κ3) is 3.94. The lowest BCUT2D eigenvalue weighted by atomic mass is 10.1. The van der Waals surface area contributed by atoms with Gasteiger partial charge in [0.05, 0.1) is 6.42 Å². The predicted molar refractivity (Wildman–Crippen MR) is 91.9 cm³/mol. The Morgan fingerprint density at radius 3 is 2.96 bits per heavy atom. The molecule has 0 fully saturated rings. The lowest BCUT2D eigenvalue weighted by Crippen LogP contribution is -1.97. The molecular weight excluding hydrogens is 380 g/mol. The Morgan fingerprint density at radius 1 is 1.39 bits per heavy atom. The van der Waals surface area contributed by atoms with Gasteiger partial charge in [0, 0.05) is 21.0 Å². The summed E-state index contributed by atoms with van der Waals surface area (Å²) in [6.45, 7) is 0. The number of carboxylic acid groups (broad SMARTS) is 1. The van der Waals surface area contributed by atoms with E-state index in [4.69, 9.17) is 9.63 Å². The molecule has 0 aliphatic heterocycles. The van der Waals surface area contributed by atoms with E-state index < -0.39 is 5.97 Å². The van der Waals surface area contributed by atoms with E-state index in [0.717, 1.165) is 15.6 Å². The summed E-state index contributed by atoms with van der Waals surface area (Å²) in [5.41, 5.74) is 2.16. The van der Waals surface area contributed by atoms with Crippen molar-refractivity contribution in [1.82, 2.24) is 10.1 Å². The van der Waals surface area contributed by atoms with Crippen LogP contribution in [0.25, 0.3) is 23.0 Å². The van der Waals surface area contributed by atoms with Gasteiger partial charge < -0.3 is 9.63 Å². The van der Waals surface area contributed by atoms with Crippen molar-refractivity contribution in [1.29, 1.82) is 0 Å². The minimum atomic E-state index is -0.957. The monoisotopic (exact) mass is 390 g/mol. The van der Waals surface area contributed by atoms with Gasteiger partial charge in [0.1, 0.15) is 0 Å². The first-order chi connectivity index (χ1) is 11.1. The van der Waals surface area contributed by atoms with E-state index >= 15 is 0 Å². The fraction of sp³-hybridized carbons (Fsp3) is 0.0625. The standard InChI is InChI=1S/C16H11BrN2O3S/c17-13-3-1-2-10(7-13)6-12(8-14(20)21)16-18-15(19-22-16)11-4-5-23-9-11/h1-7,9H,8H2,(H,20,21)/b12-6+. The third-order valence-corrected chi connectivity index (χ3v) is 4.19. The molecule has 0 atom stereocenters. The second kappa shape index (κ2) is 6.89. The van der Waals surface area contributed by atoms with Gasteiger partial charge in [-0.15, -0.1) is 0 Å². The van der Waals surface area contributed by atoms with Crippen LogP contribution in [0.15, 0.2) is 50.1 Å². The molecule has 0 saturated heterocycles. The average molecular weight is 391 g/mol. The SMILES string of the molecule is O=C(O)C/C(=C\c1cccc(Br)c1)c1nc(-c2ccsc2)no1. The van der Waals surface area contributed by atoms with Gasteiger partial charge >= 0.3 is 5.97 Å². The maximum absolute atomic E-state index is 11.1. The van der Waals surface area contributed by atoms with Crippen LogP contribution in [0.4, 0.5) is 0 Å². The zero-order valence-electron chi connectivity index (χ0n) is 11.8. The Labute approximate surface area is 144 Å². The van der Waals surface area contributed by atoms with Crippen molar-refractivity contribution in [2.24, 2.45) is 0 Å². The van der Waals surface area contributed by atoms with Crippen LogP contribution in [0.3, 0.4) is 0 Å². The van der Waals surface area contributed by atoms with Gasteiger partial charge in [0.2, 0.25) is 5.82 Å². The number of hydrogen-bond donors (Lipinski definition) is 1. The summed E-state index contributed by atoms with van der Waals surface area (Å²) in [6.07, 6.45) is 1.54. The molecule has 0 aliphatic rings. The van der Waals surface area contributed by atoms with Crippen LogP contribution in [-0.4, -0.2) is 21.2 Å². The first kappa shape index (κ1) is 15.6. The summed E-state index contributed by atoms with van der Waals surface area (Å²) in [4.78, 5) is 15.4. The molecule has 0 radical (unpaired) electrons. The molecule has 5 nitrogen and oxygen atoms in total. The number of carbonyl (C=O) groups is 1. The number of carboxylic acids is 1. The van der Waals surface area contributed by atoms with Crippen molar-refractivity contribution in [2.45, 2.75) is 6.42 Å². The van der Waals surface area contributed by atoms with Gasteiger partial charge in [0.15, 0.2) is 0 Å². The molecule has 0 bridgehead atoms. The molecule has 3 aromatic rings.